The van der Waals surface area contributed by atoms with Gasteiger partial charge in [0.25, 0.3) is 0 Å². The van der Waals surface area contributed by atoms with E-state index in [1.54, 1.807) is 0 Å². The molecule has 0 saturated heterocycles. The molecule has 0 aliphatic carbocycles. The van der Waals surface area contributed by atoms with Crippen LogP contribution in [0.15, 0.2) is 0 Å². The fourth-order valence-electron chi connectivity index (χ4n) is 1.22. The van der Waals surface area contributed by atoms with Gasteiger partial charge in [-0.2, -0.15) is 0 Å². The monoisotopic (exact) mass is 186 g/mol. The van der Waals surface area contributed by atoms with Crippen LogP contribution in [0.3, 0.4) is 0 Å². The van der Waals surface area contributed by atoms with Gasteiger partial charge < -0.3 is 11.5 Å². The smallest absolute Gasteiger partial charge is 0.152 e. The van der Waals surface area contributed by atoms with Crippen LogP contribution in [0.5, 0.6) is 0 Å². The SMILES string of the molecule is CCC(C)C(=O)[C@H](N)CCCCN. The molecular formula is C10H22N2O. The molecule has 0 heterocycles. The average molecular weight is 186 g/mol. The van der Waals surface area contributed by atoms with Gasteiger partial charge in [0.05, 0.1) is 6.04 Å². The maximum atomic E-state index is 11.5. The van der Waals surface area contributed by atoms with E-state index < -0.39 is 0 Å². The molecule has 0 aromatic rings. The molecule has 0 spiro atoms. The van der Waals surface area contributed by atoms with E-state index in [4.69, 9.17) is 11.5 Å². The lowest BCUT2D eigenvalue weighted by atomic mass is 9.95. The number of hydrogen-bond acceptors (Lipinski definition) is 3. The Balaban J connectivity index is 3.69. The highest BCUT2D eigenvalue weighted by Crippen LogP contribution is 2.08. The van der Waals surface area contributed by atoms with Gasteiger partial charge in [-0.25, -0.2) is 0 Å². The van der Waals surface area contributed by atoms with Crippen molar-refractivity contribution in [2.24, 2.45) is 17.4 Å². The summed E-state index contributed by atoms with van der Waals surface area (Å²) in [4.78, 5) is 11.5. The van der Waals surface area contributed by atoms with Gasteiger partial charge in [-0.15, -0.1) is 0 Å². The number of nitrogens with two attached hydrogens (primary N) is 2. The molecule has 78 valence electrons. The Morgan fingerprint density at radius 2 is 2.00 bits per heavy atom. The summed E-state index contributed by atoms with van der Waals surface area (Å²) in [5.74, 6) is 0.299. The standard InChI is InChI=1S/C10H22N2O/c1-3-8(2)10(13)9(12)6-4-5-7-11/h8-9H,3-7,11-12H2,1-2H3/t8?,9-/m1/s1. The number of carbonyl (C=O) groups excluding carboxylic acids is 1. The van der Waals surface area contributed by atoms with Crippen LogP contribution in [-0.4, -0.2) is 18.4 Å². The van der Waals surface area contributed by atoms with E-state index in [2.05, 4.69) is 0 Å². The molecule has 0 amide bonds. The minimum atomic E-state index is -0.276. The van der Waals surface area contributed by atoms with Crippen molar-refractivity contribution in [1.82, 2.24) is 0 Å². The van der Waals surface area contributed by atoms with Crippen molar-refractivity contribution < 1.29 is 4.79 Å². The maximum absolute atomic E-state index is 11.5. The predicted octanol–water partition coefficient (Wildman–Crippen LogP) is 1.06. The summed E-state index contributed by atoms with van der Waals surface area (Å²) in [6, 6.07) is -0.276. The Kier molecular flexibility index (Phi) is 6.82. The quantitative estimate of drug-likeness (QED) is 0.584. The van der Waals surface area contributed by atoms with Crippen molar-refractivity contribution in [3.8, 4) is 0 Å². The lowest BCUT2D eigenvalue weighted by Crippen LogP contribution is -2.34. The van der Waals surface area contributed by atoms with Gasteiger partial charge in [0.15, 0.2) is 5.78 Å². The van der Waals surface area contributed by atoms with E-state index in [0.29, 0.717) is 6.54 Å². The zero-order valence-corrected chi connectivity index (χ0v) is 8.75. The Bertz CT molecular complexity index is 148. The average Bonchev–Trinajstić information content (AvgIpc) is 2.15. The van der Waals surface area contributed by atoms with Crippen LogP contribution in [0.25, 0.3) is 0 Å². The van der Waals surface area contributed by atoms with Crippen LogP contribution >= 0.6 is 0 Å². The van der Waals surface area contributed by atoms with Gasteiger partial charge in [-0.3, -0.25) is 4.79 Å². The molecule has 3 nitrogen and oxygen atoms in total. The number of carbonyl (C=O) groups is 1. The third-order valence-corrected chi connectivity index (χ3v) is 2.43. The summed E-state index contributed by atoms with van der Waals surface area (Å²) in [5, 5.41) is 0. The number of hydrogen-bond donors (Lipinski definition) is 2. The van der Waals surface area contributed by atoms with Crippen molar-refractivity contribution in [3.05, 3.63) is 0 Å². The first kappa shape index (κ1) is 12.6. The van der Waals surface area contributed by atoms with E-state index in [0.717, 1.165) is 25.7 Å². The summed E-state index contributed by atoms with van der Waals surface area (Å²) in [5.41, 5.74) is 11.1. The molecule has 2 atom stereocenters. The van der Waals surface area contributed by atoms with Crippen molar-refractivity contribution >= 4 is 5.78 Å². The topological polar surface area (TPSA) is 69.1 Å². The summed E-state index contributed by atoms with van der Waals surface area (Å²) in [6.07, 6.45) is 3.57. The normalized spacial score (nSPS) is 15.4. The van der Waals surface area contributed by atoms with Gasteiger partial charge >= 0.3 is 0 Å². The zero-order valence-electron chi connectivity index (χ0n) is 8.75. The van der Waals surface area contributed by atoms with E-state index >= 15 is 0 Å². The van der Waals surface area contributed by atoms with Crippen LogP contribution in [-0.2, 0) is 4.79 Å². The maximum Gasteiger partial charge on any atom is 0.152 e. The van der Waals surface area contributed by atoms with Crippen molar-refractivity contribution in [2.45, 2.75) is 45.6 Å². The predicted molar refractivity (Wildman–Crippen MR) is 55.3 cm³/mol. The highest BCUT2D eigenvalue weighted by molar-refractivity contribution is 5.85. The minimum absolute atomic E-state index is 0.105. The molecule has 0 saturated carbocycles. The molecule has 4 N–H and O–H groups in total. The van der Waals surface area contributed by atoms with Gasteiger partial charge in [-0.1, -0.05) is 20.3 Å². The Labute approximate surface area is 80.9 Å². The first-order chi connectivity index (χ1) is 6.13. The first-order valence-electron chi connectivity index (χ1n) is 5.12. The number of unbranched alkanes of at least 4 members (excludes halogenated alkanes) is 1. The molecular weight excluding hydrogens is 164 g/mol. The lowest BCUT2D eigenvalue weighted by Gasteiger charge is -2.14. The van der Waals surface area contributed by atoms with Gasteiger partial charge in [0, 0.05) is 5.92 Å². The Hall–Kier alpha value is -0.410. The molecule has 3 heteroatoms. The van der Waals surface area contributed by atoms with Crippen LogP contribution in [0.1, 0.15) is 39.5 Å². The second kappa shape index (κ2) is 7.04. The number of ketones is 1. The molecule has 13 heavy (non-hydrogen) atoms. The molecule has 0 aliphatic heterocycles. The van der Waals surface area contributed by atoms with Crippen LogP contribution < -0.4 is 11.5 Å². The molecule has 1 unspecified atom stereocenters. The summed E-state index contributed by atoms with van der Waals surface area (Å²) in [6.45, 7) is 4.63. The summed E-state index contributed by atoms with van der Waals surface area (Å²) < 4.78 is 0. The first-order valence-corrected chi connectivity index (χ1v) is 5.12. The molecule has 0 aromatic carbocycles. The molecule has 0 aromatic heterocycles. The van der Waals surface area contributed by atoms with Gasteiger partial charge in [-0.05, 0) is 25.8 Å². The molecule has 0 aliphatic rings. The van der Waals surface area contributed by atoms with E-state index in [9.17, 15) is 4.79 Å². The van der Waals surface area contributed by atoms with Gasteiger partial charge in [0.2, 0.25) is 0 Å². The highest BCUT2D eigenvalue weighted by atomic mass is 16.1. The van der Waals surface area contributed by atoms with E-state index in [1.807, 2.05) is 13.8 Å². The van der Waals surface area contributed by atoms with Crippen molar-refractivity contribution in [2.75, 3.05) is 6.54 Å². The second-order valence-corrected chi connectivity index (χ2v) is 3.60. The highest BCUT2D eigenvalue weighted by Gasteiger charge is 2.17. The van der Waals surface area contributed by atoms with Gasteiger partial charge in [0.1, 0.15) is 0 Å². The van der Waals surface area contributed by atoms with Crippen LogP contribution in [0.4, 0.5) is 0 Å². The third kappa shape index (κ3) is 5.01. The lowest BCUT2D eigenvalue weighted by molar-refractivity contribution is -0.123. The minimum Gasteiger partial charge on any atom is -0.330 e. The zero-order chi connectivity index (χ0) is 10.3. The summed E-state index contributed by atoms with van der Waals surface area (Å²) in [7, 11) is 0. The fraction of sp³-hybridized carbons (Fsp3) is 0.900. The van der Waals surface area contributed by atoms with Crippen LogP contribution in [0.2, 0.25) is 0 Å². The van der Waals surface area contributed by atoms with Crippen molar-refractivity contribution in [3.63, 3.8) is 0 Å². The third-order valence-electron chi connectivity index (χ3n) is 2.43. The van der Waals surface area contributed by atoms with E-state index in [1.165, 1.54) is 0 Å². The largest absolute Gasteiger partial charge is 0.330 e. The van der Waals surface area contributed by atoms with E-state index in [-0.39, 0.29) is 17.7 Å². The Morgan fingerprint density at radius 1 is 1.38 bits per heavy atom. The Morgan fingerprint density at radius 3 is 2.46 bits per heavy atom. The van der Waals surface area contributed by atoms with Crippen LogP contribution in [0, 0.1) is 5.92 Å². The summed E-state index contributed by atoms with van der Waals surface area (Å²) >= 11 is 0. The number of Topliss-reactive ketones (excluding diaryl/α,β-unsaturated/α-hetero) is 1. The molecule has 0 bridgehead atoms. The van der Waals surface area contributed by atoms with Crippen molar-refractivity contribution in [1.29, 1.82) is 0 Å². The molecule has 0 radical (unpaired) electrons. The second-order valence-electron chi connectivity index (χ2n) is 3.60. The molecule has 0 rings (SSSR count). The molecule has 0 fully saturated rings. The fourth-order valence-corrected chi connectivity index (χ4v) is 1.22. The number of rotatable bonds is 7.